The van der Waals surface area contributed by atoms with Gasteiger partial charge in [0.2, 0.25) is 29.5 Å². The quantitative estimate of drug-likeness (QED) is 0.0496. The Balaban J connectivity index is 0.828. The molecule has 31 nitrogen and oxygen atoms in total. The summed E-state index contributed by atoms with van der Waals surface area (Å²) in [6, 6.07) is 12.9. The highest BCUT2D eigenvalue weighted by Crippen LogP contribution is 2.40. The van der Waals surface area contributed by atoms with Crippen molar-refractivity contribution >= 4 is 122 Å². The number of benzene rings is 2. The monoisotopic (exact) mass is 1510 g/mol. The Hall–Kier alpha value is -11.9. The summed E-state index contributed by atoms with van der Waals surface area (Å²) in [5.41, 5.74) is 12.0. The number of hydrogen-bond donors (Lipinski definition) is 10. The van der Waals surface area contributed by atoms with Gasteiger partial charge in [-0.25, -0.2) is 34.9 Å². The molecule has 105 heavy (non-hydrogen) atoms. The maximum Gasteiger partial charge on any atom is 0.275 e. The SMILES string of the molecule is C=C(NC(=O)C(=C)NC(=O)[C@@H]1CCCN1C(=O)[C@H](C)NC(=O)C(=C)NC(=O)c1csc(-c2ccc3c(n2)-c2csc(n2)-c2csc(n2)[C@@H]2CCCN2C(=O)[C@H](Cc2ccc(O)cc2)NC(=O)c2csc(n2)[C@H](Cc2ccccc2)NC(=O)c2csc(n2)[C@H](CC(N)=O)NC(=O)c2nc-3oc2C)n1)C(N)=O. The number of nitrogens with zero attached hydrogens (tertiary/aromatic N) is 9. The highest BCUT2D eigenvalue weighted by atomic mass is 32.1. The minimum Gasteiger partial charge on any atom is -0.508 e. The van der Waals surface area contributed by atoms with Gasteiger partial charge < -0.3 is 68.0 Å². The first-order chi connectivity index (χ1) is 50.3. The molecule has 36 heteroatoms. The lowest BCUT2D eigenvalue weighted by Gasteiger charge is -2.28. The van der Waals surface area contributed by atoms with E-state index in [4.69, 9.17) is 35.8 Å². The maximum atomic E-state index is 15.1. The van der Waals surface area contributed by atoms with Gasteiger partial charge >= 0.3 is 0 Å². The van der Waals surface area contributed by atoms with Crippen molar-refractivity contribution in [2.45, 2.75) is 95.0 Å². The van der Waals surface area contributed by atoms with Gasteiger partial charge in [0.25, 0.3) is 41.4 Å². The lowest BCUT2D eigenvalue weighted by atomic mass is 10.0. The number of carbonyl (C=O) groups is 11. The number of oxazole rings is 1. The van der Waals surface area contributed by atoms with E-state index in [2.05, 4.69) is 71.9 Å². The fourth-order valence-corrected chi connectivity index (χ4v) is 16.0. The summed E-state index contributed by atoms with van der Waals surface area (Å²) in [7, 11) is 0. The third kappa shape index (κ3) is 16.6. The van der Waals surface area contributed by atoms with E-state index in [-0.39, 0.29) is 105 Å². The molecule has 12 rings (SSSR count). The van der Waals surface area contributed by atoms with Crippen LogP contribution >= 0.6 is 56.7 Å². The van der Waals surface area contributed by atoms with Crippen molar-refractivity contribution in [3.8, 4) is 50.0 Å². The third-order valence-corrected chi connectivity index (χ3v) is 21.6. The molecular weight excluding hydrogens is 1450 g/mol. The van der Waals surface area contributed by atoms with Crippen molar-refractivity contribution in [3.63, 3.8) is 0 Å². The van der Waals surface area contributed by atoms with Crippen LogP contribution in [0.1, 0.15) is 131 Å². The van der Waals surface area contributed by atoms with Crippen molar-refractivity contribution in [2.24, 2.45) is 11.5 Å². The molecule has 0 saturated carbocycles. The normalized spacial score (nSPS) is 17.8. The summed E-state index contributed by atoms with van der Waals surface area (Å²) in [4.78, 5) is 186. The minimum absolute atomic E-state index is 0.00490. The number of rotatable bonds is 17. The molecule has 9 aromatic rings. The van der Waals surface area contributed by atoms with E-state index in [0.717, 1.165) is 39.6 Å². The van der Waals surface area contributed by atoms with Crippen LogP contribution in [0.2, 0.25) is 0 Å². The minimum atomic E-state index is -1.24. The van der Waals surface area contributed by atoms with Gasteiger partial charge in [0.15, 0.2) is 5.69 Å². The van der Waals surface area contributed by atoms with Crippen LogP contribution in [0.25, 0.3) is 44.2 Å². The number of aryl methyl sites for hydroxylation is 1. The zero-order valence-electron chi connectivity index (χ0n) is 55.8. The van der Waals surface area contributed by atoms with Crippen LogP contribution in [0.15, 0.2) is 135 Å². The molecule has 0 spiro atoms. The second-order valence-corrected chi connectivity index (χ2v) is 28.8. The first kappa shape index (κ1) is 72.9. The fourth-order valence-electron chi connectivity index (χ4n) is 11.7. The van der Waals surface area contributed by atoms with Crippen LogP contribution in [0, 0.1) is 6.92 Å². The summed E-state index contributed by atoms with van der Waals surface area (Å²) in [5, 5.41) is 38.1. The lowest BCUT2D eigenvalue weighted by molar-refractivity contribution is -0.140. The fraction of sp³-hybridized carbons (Fsp3) is 0.246. The molecule has 3 aliphatic heterocycles. The Morgan fingerprint density at radius 3 is 1.93 bits per heavy atom. The number of aromatic nitrogens is 7. The number of fused-ring (bicyclic) bond motifs is 16. The molecule has 0 unspecified atom stereocenters. The Labute approximate surface area is 616 Å². The number of phenolic OH excluding ortho intramolecular Hbond substituents is 1. The van der Waals surface area contributed by atoms with Gasteiger partial charge in [-0.15, -0.1) is 56.7 Å². The Morgan fingerprint density at radius 2 is 1.22 bits per heavy atom. The van der Waals surface area contributed by atoms with Crippen molar-refractivity contribution < 1.29 is 62.3 Å². The molecule has 2 aromatic carbocycles. The summed E-state index contributed by atoms with van der Waals surface area (Å²) < 4.78 is 6.25. The van der Waals surface area contributed by atoms with E-state index in [1.165, 1.54) is 64.3 Å². The van der Waals surface area contributed by atoms with Crippen molar-refractivity contribution in [3.05, 3.63) is 185 Å². The maximum absolute atomic E-state index is 15.1. The number of carbonyl (C=O) groups excluding carboxylic acids is 11. The molecule has 0 radical (unpaired) electrons. The van der Waals surface area contributed by atoms with E-state index < -0.39 is 119 Å². The summed E-state index contributed by atoms with van der Waals surface area (Å²) in [5.74, 6) is -8.43. The smallest absolute Gasteiger partial charge is 0.275 e. The number of aromatic hydroxyl groups is 1. The topological polar surface area (TPSA) is 454 Å². The van der Waals surface area contributed by atoms with E-state index in [1.807, 2.05) is 35.7 Å². The zero-order valence-corrected chi connectivity index (χ0v) is 59.8. The highest BCUT2D eigenvalue weighted by Gasteiger charge is 2.40. The van der Waals surface area contributed by atoms with Crippen molar-refractivity contribution in [1.29, 1.82) is 0 Å². The molecular formula is C69H64N18O13S5. The Morgan fingerprint density at radius 1 is 0.610 bits per heavy atom. The van der Waals surface area contributed by atoms with Crippen LogP contribution in [0.4, 0.5) is 0 Å². The summed E-state index contributed by atoms with van der Waals surface area (Å²) in [6.07, 6.45) is 1.65. The number of phenols is 1. The first-order valence-corrected chi connectivity index (χ1v) is 36.7. The number of pyridine rings is 1. The van der Waals surface area contributed by atoms with Gasteiger partial charge in [-0.1, -0.05) is 62.2 Å². The first-order valence-electron chi connectivity index (χ1n) is 32.3. The summed E-state index contributed by atoms with van der Waals surface area (Å²) in [6.45, 7) is 13.9. The average Bonchev–Trinajstić information content (AvgIpc) is 1.60. The van der Waals surface area contributed by atoms with Crippen LogP contribution < -0.4 is 48.7 Å². The second kappa shape index (κ2) is 31.4. The molecule has 12 N–H and O–H groups in total. The number of hydrogen-bond acceptors (Lipinski definition) is 25. The Kier molecular flexibility index (Phi) is 21.8. The molecule has 6 atom stereocenters. The van der Waals surface area contributed by atoms with Crippen molar-refractivity contribution in [1.82, 2.24) is 81.9 Å². The van der Waals surface area contributed by atoms with E-state index >= 15 is 4.79 Å². The van der Waals surface area contributed by atoms with Gasteiger partial charge in [-0.3, -0.25) is 52.7 Å². The molecule has 10 heterocycles. The summed E-state index contributed by atoms with van der Waals surface area (Å²) >= 11 is 5.71. The molecule has 2 saturated heterocycles. The van der Waals surface area contributed by atoms with Crippen LogP contribution in [-0.4, -0.2) is 146 Å². The molecule has 10 bridgehead atoms. The predicted molar refractivity (Wildman–Crippen MR) is 386 cm³/mol. The van der Waals surface area contributed by atoms with E-state index in [0.29, 0.717) is 52.1 Å². The van der Waals surface area contributed by atoms with Crippen molar-refractivity contribution in [2.75, 3.05) is 13.1 Å². The zero-order chi connectivity index (χ0) is 74.5. The molecule has 7 aromatic heterocycles. The number of nitrogens with two attached hydrogens (primary N) is 2. The number of thiazole rings is 5. The van der Waals surface area contributed by atoms with E-state index in [9.17, 15) is 53.1 Å². The standard InChI is InChI=1S/C69H64N18O13S5/c1-31(54(71)90)72-55(91)33(3)74-60(96)49-13-9-21-86(49)68(98)34(4)75-56(92)32(2)73-57(93)45-27-102-63(81-45)40-20-19-39-53(76-40)44-26-101-66(80-44)48-30-105-67(84-48)50-14-10-22-87(50)69(99)43(24-37-15-17-38(88)18-16-37)79-59(95)47-29-103-64(82-47)41(23-36-11-7-6-8-12-36)77-58(94)46-28-104-65(83-46)42(25-51(70)89)78-61(97)52-35(5)100-62(39)85-52/h6-8,11-12,15-20,26-30,34,41-43,49-50,88H,1-3,9-10,13-14,21-25H2,4-5H3,(H2,70,89)(H2,71,90)(H,72,91)(H,73,93)(H,74,96)(H,75,92)(H,77,94)(H,78,97)(H,79,95)/t34-,41-,42-,43-,49-,50-/m0/s1. The predicted octanol–water partition coefficient (Wildman–Crippen LogP) is 5.60. The molecule has 0 aliphatic carbocycles. The molecule has 11 amide bonds. The van der Waals surface area contributed by atoms with Gasteiger partial charge in [0.05, 0.1) is 52.9 Å². The molecule has 3 aliphatic rings. The highest BCUT2D eigenvalue weighted by molar-refractivity contribution is 7.14. The number of nitrogens with one attached hydrogen (secondary N) is 7. The Bertz CT molecular complexity index is 5000. The number of amides is 11. The lowest BCUT2D eigenvalue weighted by Crippen LogP contribution is -2.53. The van der Waals surface area contributed by atoms with Crippen LogP contribution in [-0.2, 0) is 46.4 Å². The number of primary amides is 2. The van der Waals surface area contributed by atoms with Crippen LogP contribution in [0.3, 0.4) is 0 Å². The largest absolute Gasteiger partial charge is 0.508 e. The number of likely N-dealkylation sites (tertiary alicyclic amines) is 1. The van der Waals surface area contributed by atoms with Gasteiger partial charge in [-0.05, 0) is 81.3 Å². The van der Waals surface area contributed by atoms with E-state index in [1.54, 1.807) is 39.9 Å². The molecule has 2 fully saturated rings. The van der Waals surface area contributed by atoms with Gasteiger partial charge in [-0.2, -0.15) is 0 Å². The molecule has 538 valence electrons. The second-order valence-electron chi connectivity index (χ2n) is 24.4. The van der Waals surface area contributed by atoms with Gasteiger partial charge in [0.1, 0.15) is 88.8 Å². The average molecular weight is 1510 g/mol. The van der Waals surface area contributed by atoms with Gasteiger partial charge in [0, 0.05) is 46.4 Å². The van der Waals surface area contributed by atoms with Crippen LogP contribution in [0.5, 0.6) is 5.75 Å². The third-order valence-electron chi connectivity index (χ3n) is 17.0.